The molecule has 4 aromatic carbocycles. The number of rotatable bonds is 13. The molecule has 1 atom stereocenters. The van der Waals surface area contributed by atoms with Gasteiger partial charge in [-0.1, -0.05) is 30.3 Å². The number of hydrogen-bond donors (Lipinski definition) is 3. The van der Waals surface area contributed by atoms with Gasteiger partial charge in [0.05, 0.1) is 18.5 Å². The fourth-order valence-corrected chi connectivity index (χ4v) is 4.92. The minimum Gasteiger partial charge on any atom is -0.494 e. The molecule has 0 aliphatic rings. The molecular formula is C35H35N3O5S. The number of nitrogens with one attached hydrogen (secondary N) is 3. The van der Waals surface area contributed by atoms with E-state index in [1.807, 2.05) is 63.2 Å². The van der Waals surface area contributed by atoms with Gasteiger partial charge in [-0.25, -0.2) is 0 Å². The van der Waals surface area contributed by atoms with Gasteiger partial charge in [0.25, 0.3) is 11.8 Å². The molecule has 226 valence electrons. The Balaban J connectivity index is 1.41. The lowest BCUT2D eigenvalue weighted by Gasteiger charge is -2.14. The topological polar surface area (TPSA) is 106 Å². The molecule has 3 amide bonds. The Hall–Kier alpha value is -5.02. The number of benzene rings is 4. The zero-order valence-electron chi connectivity index (χ0n) is 24.8. The Bertz CT molecular complexity index is 1570. The van der Waals surface area contributed by atoms with Gasteiger partial charge in [-0.2, -0.15) is 0 Å². The molecule has 0 aliphatic heterocycles. The number of hydrogen-bond acceptors (Lipinski definition) is 6. The summed E-state index contributed by atoms with van der Waals surface area (Å²) >= 11 is 1.40. The van der Waals surface area contributed by atoms with Gasteiger partial charge in [-0.05, 0) is 105 Å². The normalized spacial score (nSPS) is 11.7. The molecule has 4 rings (SSSR count). The van der Waals surface area contributed by atoms with Crippen molar-refractivity contribution in [1.82, 2.24) is 5.32 Å². The maximum Gasteiger partial charge on any atom is 0.272 e. The van der Waals surface area contributed by atoms with Gasteiger partial charge in [-0.3, -0.25) is 14.4 Å². The third-order valence-corrected chi connectivity index (χ3v) is 7.37. The molecule has 0 radical (unpaired) electrons. The summed E-state index contributed by atoms with van der Waals surface area (Å²) in [4.78, 5) is 39.9. The van der Waals surface area contributed by atoms with Crippen LogP contribution in [0.4, 0.5) is 11.4 Å². The van der Waals surface area contributed by atoms with Crippen molar-refractivity contribution in [2.45, 2.75) is 30.9 Å². The van der Waals surface area contributed by atoms with Crippen LogP contribution < -0.4 is 25.4 Å². The lowest BCUT2D eigenvalue weighted by Crippen LogP contribution is -2.30. The molecule has 4 aromatic rings. The number of anilines is 2. The molecule has 0 heterocycles. The number of carbonyl (C=O) groups excluding carboxylic acids is 3. The van der Waals surface area contributed by atoms with E-state index in [2.05, 4.69) is 16.0 Å². The third-order valence-electron chi connectivity index (χ3n) is 6.26. The molecule has 9 heteroatoms. The summed E-state index contributed by atoms with van der Waals surface area (Å²) < 4.78 is 10.9. The molecule has 0 aliphatic carbocycles. The van der Waals surface area contributed by atoms with E-state index >= 15 is 0 Å². The number of carbonyl (C=O) groups is 3. The van der Waals surface area contributed by atoms with Gasteiger partial charge in [0.2, 0.25) is 5.91 Å². The summed E-state index contributed by atoms with van der Waals surface area (Å²) in [5.74, 6) is 0.450. The molecule has 0 saturated heterocycles. The molecule has 0 spiro atoms. The van der Waals surface area contributed by atoms with Crippen LogP contribution in [0, 0.1) is 0 Å². The van der Waals surface area contributed by atoms with E-state index in [0.717, 1.165) is 16.2 Å². The van der Waals surface area contributed by atoms with Crippen LogP contribution in [0.2, 0.25) is 0 Å². The predicted molar refractivity (Wildman–Crippen MR) is 176 cm³/mol. The Labute approximate surface area is 261 Å². The van der Waals surface area contributed by atoms with Crippen molar-refractivity contribution in [2.75, 3.05) is 23.8 Å². The van der Waals surface area contributed by atoms with Crippen LogP contribution in [0.25, 0.3) is 6.08 Å². The van der Waals surface area contributed by atoms with E-state index in [-0.39, 0.29) is 16.9 Å². The van der Waals surface area contributed by atoms with Crippen molar-refractivity contribution < 1.29 is 23.9 Å². The molecule has 0 bridgehead atoms. The summed E-state index contributed by atoms with van der Waals surface area (Å²) in [7, 11) is 0. The molecule has 0 fully saturated rings. The first-order valence-corrected chi connectivity index (χ1v) is 15.1. The van der Waals surface area contributed by atoms with Crippen LogP contribution in [0.15, 0.2) is 114 Å². The number of amides is 3. The van der Waals surface area contributed by atoms with Crippen LogP contribution in [-0.4, -0.2) is 36.2 Å². The first-order valence-electron chi connectivity index (χ1n) is 14.3. The molecule has 0 saturated carbocycles. The SMILES string of the molecule is CCOc1ccc(/C=C(\NC(=O)c2ccccc2)C(=O)Nc2ccc(SC(C)C(=O)Nc3ccc(OCC)cc3)cc2)cc1. The minimum atomic E-state index is -0.480. The van der Waals surface area contributed by atoms with Crippen molar-refractivity contribution in [3.63, 3.8) is 0 Å². The molecule has 1 unspecified atom stereocenters. The second-order valence-electron chi connectivity index (χ2n) is 9.57. The lowest BCUT2D eigenvalue weighted by atomic mass is 10.1. The van der Waals surface area contributed by atoms with Crippen LogP contribution in [0.5, 0.6) is 11.5 Å². The summed E-state index contributed by atoms with van der Waals surface area (Å²) in [6.07, 6.45) is 1.61. The van der Waals surface area contributed by atoms with Crippen molar-refractivity contribution in [3.05, 3.63) is 120 Å². The smallest absolute Gasteiger partial charge is 0.272 e. The van der Waals surface area contributed by atoms with Crippen molar-refractivity contribution in [1.29, 1.82) is 0 Å². The van der Waals surface area contributed by atoms with E-state index in [1.165, 1.54) is 11.8 Å². The Kier molecular flexibility index (Phi) is 11.6. The molecule has 8 nitrogen and oxygen atoms in total. The fraction of sp³-hybridized carbons (Fsp3) is 0.171. The van der Waals surface area contributed by atoms with E-state index in [9.17, 15) is 14.4 Å². The van der Waals surface area contributed by atoms with Crippen LogP contribution in [0.3, 0.4) is 0 Å². The highest BCUT2D eigenvalue weighted by Crippen LogP contribution is 2.26. The highest BCUT2D eigenvalue weighted by molar-refractivity contribution is 8.00. The molecular weight excluding hydrogens is 574 g/mol. The average molecular weight is 610 g/mol. The number of ether oxygens (including phenoxy) is 2. The maximum atomic E-state index is 13.4. The van der Waals surface area contributed by atoms with E-state index in [1.54, 1.807) is 66.7 Å². The van der Waals surface area contributed by atoms with Gasteiger partial charge in [0.15, 0.2) is 0 Å². The summed E-state index contributed by atoms with van der Waals surface area (Å²) in [5.41, 5.74) is 2.46. The van der Waals surface area contributed by atoms with Gasteiger partial charge in [-0.15, -0.1) is 11.8 Å². The molecule has 0 aromatic heterocycles. The van der Waals surface area contributed by atoms with Crippen LogP contribution >= 0.6 is 11.8 Å². The van der Waals surface area contributed by atoms with Crippen LogP contribution in [-0.2, 0) is 9.59 Å². The Morgan fingerprint density at radius 3 is 1.86 bits per heavy atom. The Morgan fingerprint density at radius 1 is 0.727 bits per heavy atom. The summed E-state index contributed by atoms with van der Waals surface area (Å²) in [6, 6.07) is 30.3. The predicted octanol–water partition coefficient (Wildman–Crippen LogP) is 7.01. The van der Waals surface area contributed by atoms with E-state index < -0.39 is 11.8 Å². The van der Waals surface area contributed by atoms with E-state index in [0.29, 0.717) is 35.9 Å². The third kappa shape index (κ3) is 9.50. The maximum absolute atomic E-state index is 13.4. The second kappa shape index (κ2) is 16.0. The highest BCUT2D eigenvalue weighted by atomic mass is 32.2. The highest BCUT2D eigenvalue weighted by Gasteiger charge is 2.17. The standard InChI is InChI=1S/C35H35N3O5S/c1-4-42-29-17-11-25(12-18-29)23-32(38-34(40)26-9-7-6-8-10-26)35(41)37-28-15-21-31(22-16-28)44-24(3)33(39)36-27-13-19-30(20-14-27)43-5-2/h6-24H,4-5H2,1-3H3,(H,36,39)(H,37,41)(H,38,40)/b32-23-. The molecule has 44 heavy (non-hydrogen) atoms. The minimum absolute atomic E-state index is 0.0843. The number of thioether (sulfide) groups is 1. The largest absolute Gasteiger partial charge is 0.494 e. The summed E-state index contributed by atoms with van der Waals surface area (Å²) in [6.45, 7) is 6.78. The zero-order valence-corrected chi connectivity index (χ0v) is 25.6. The summed E-state index contributed by atoms with van der Waals surface area (Å²) in [5, 5.41) is 8.15. The zero-order chi connectivity index (χ0) is 31.3. The van der Waals surface area contributed by atoms with Gasteiger partial charge >= 0.3 is 0 Å². The quantitative estimate of drug-likeness (QED) is 0.111. The monoisotopic (exact) mass is 609 g/mol. The lowest BCUT2D eigenvalue weighted by molar-refractivity contribution is -0.115. The van der Waals surface area contributed by atoms with Crippen molar-refractivity contribution in [2.24, 2.45) is 0 Å². The van der Waals surface area contributed by atoms with E-state index in [4.69, 9.17) is 9.47 Å². The second-order valence-corrected chi connectivity index (χ2v) is 11.0. The van der Waals surface area contributed by atoms with Gasteiger partial charge in [0.1, 0.15) is 17.2 Å². The van der Waals surface area contributed by atoms with Crippen molar-refractivity contribution >= 4 is 46.9 Å². The molecule has 3 N–H and O–H groups in total. The van der Waals surface area contributed by atoms with Gasteiger partial charge < -0.3 is 25.4 Å². The van der Waals surface area contributed by atoms with Gasteiger partial charge in [0, 0.05) is 21.8 Å². The Morgan fingerprint density at radius 2 is 1.27 bits per heavy atom. The first kappa shape index (κ1) is 31.9. The first-order chi connectivity index (χ1) is 21.3. The van der Waals surface area contributed by atoms with Crippen molar-refractivity contribution in [3.8, 4) is 11.5 Å². The fourth-order valence-electron chi connectivity index (χ4n) is 4.05. The average Bonchev–Trinajstić information content (AvgIpc) is 3.04. The van der Waals surface area contributed by atoms with Crippen LogP contribution in [0.1, 0.15) is 36.7 Å².